The second-order valence-electron chi connectivity index (χ2n) is 16.3. The normalized spacial score (nSPS) is 12.8. The third kappa shape index (κ3) is 33.6. The van der Waals surface area contributed by atoms with Crippen LogP contribution in [0.25, 0.3) is 0 Å². The number of hydrogen-bond acceptors (Lipinski definition) is 5. The number of unbranched alkanes of at least 4 members (excludes halogenated alkanes) is 22. The number of ether oxygens (including phenoxy) is 1. The van der Waals surface area contributed by atoms with Crippen molar-refractivity contribution >= 4 is 11.8 Å². The molecule has 0 heterocycles. The van der Waals surface area contributed by atoms with Gasteiger partial charge in [0.2, 0.25) is 0 Å². The minimum Gasteiger partial charge on any atom is -0.465 e. The van der Waals surface area contributed by atoms with E-state index in [1.54, 1.807) is 0 Å². The van der Waals surface area contributed by atoms with E-state index in [2.05, 4.69) is 32.6 Å². The van der Waals surface area contributed by atoms with E-state index in [0.717, 1.165) is 90.1 Å². The molecule has 310 valence electrons. The number of esters is 1. The summed E-state index contributed by atoms with van der Waals surface area (Å²) in [6, 6.07) is 0. The van der Waals surface area contributed by atoms with Crippen molar-refractivity contribution in [3.05, 3.63) is 0 Å². The van der Waals surface area contributed by atoms with Crippen LogP contribution in [0.1, 0.15) is 246 Å². The van der Waals surface area contributed by atoms with Crippen LogP contribution in [-0.2, 0) is 14.3 Å². The lowest BCUT2D eigenvalue weighted by Crippen LogP contribution is -2.27. The van der Waals surface area contributed by atoms with Crippen LogP contribution in [0.3, 0.4) is 0 Å². The van der Waals surface area contributed by atoms with Crippen LogP contribution < -0.4 is 0 Å². The van der Waals surface area contributed by atoms with Crippen molar-refractivity contribution in [3.8, 4) is 0 Å². The number of aliphatic hydroxyl groups excluding tert-OH is 1. The van der Waals surface area contributed by atoms with Gasteiger partial charge >= 0.3 is 5.97 Å². The van der Waals surface area contributed by atoms with Gasteiger partial charge < -0.3 is 14.7 Å². The third-order valence-electron chi connectivity index (χ3n) is 11.3. The molecule has 0 bridgehead atoms. The first-order chi connectivity index (χ1) is 25.5. The number of Topliss-reactive ketones (excluding diaryl/α,β-unsaturated/α-hetero) is 1. The van der Waals surface area contributed by atoms with Crippen LogP contribution in [0.15, 0.2) is 0 Å². The van der Waals surface area contributed by atoms with Gasteiger partial charge in [-0.1, -0.05) is 182 Å². The molecule has 0 radical (unpaired) electrons. The largest absolute Gasteiger partial charge is 0.465 e. The van der Waals surface area contributed by atoms with Gasteiger partial charge in [0.25, 0.3) is 0 Å². The van der Waals surface area contributed by atoms with E-state index in [1.807, 2.05) is 0 Å². The monoisotopic (exact) mass is 736 g/mol. The van der Waals surface area contributed by atoms with Crippen molar-refractivity contribution in [2.24, 2.45) is 11.8 Å². The summed E-state index contributed by atoms with van der Waals surface area (Å²) < 4.78 is 5.70. The number of ketones is 1. The number of rotatable bonds is 43. The van der Waals surface area contributed by atoms with Crippen molar-refractivity contribution in [2.45, 2.75) is 246 Å². The molecular formula is C47H93NO4. The lowest BCUT2D eigenvalue weighted by molar-refractivity contribution is -0.149. The van der Waals surface area contributed by atoms with Crippen molar-refractivity contribution in [1.82, 2.24) is 4.90 Å². The SMILES string of the molecule is CCCCCCC(CCCC)C(=O)CCCCCCCCCCCN(CCCO)CCCCCCCCCOC(=O)C(CCCC)CCCCCC. The van der Waals surface area contributed by atoms with Gasteiger partial charge in [0, 0.05) is 25.5 Å². The highest BCUT2D eigenvalue weighted by Gasteiger charge is 2.19. The van der Waals surface area contributed by atoms with Crippen LogP contribution in [-0.4, -0.2) is 54.6 Å². The maximum atomic E-state index is 12.8. The number of nitrogens with zero attached hydrogens (tertiary/aromatic N) is 1. The Hall–Kier alpha value is -0.940. The number of carbonyl (C=O) groups is 2. The smallest absolute Gasteiger partial charge is 0.308 e. The minimum absolute atomic E-state index is 0.0570. The predicted molar refractivity (Wildman–Crippen MR) is 226 cm³/mol. The summed E-state index contributed by atoms with van der Waals surface area (Å²) in [4.78, 5) is 28.1. The first-order valence-corrected chi connectivity index (χ1v) is 23.6. The molecule has 2 atom stereocenters. The van der Waals surface area contributed by atoms with Gasteiger partial charge in [-0.15, -0.1) is 0 Å². The van der Waals surface area contributed by atoms with E-state index in [0.29, 0.717) is 18.3 Å². The molecule has 0 aliphatic rings. The summed E-state index contributed by atoms with van der Waals surface area (Å²) in [7, 11) is 0. The molecule has 52 heavy (non-hydrogen) atoms. The lowest BCUT2D eigenvalue weighted by Gasteiger charge is -2.22. The molecule has 1 N–H and O–H groups in total. The highest BCUT2D eigenvalue weighted by atomic mass is 16.5. The van der Waals surface area contributed by atoms with E-state index in [-0.39, 0.29) is 18.5 Å². The van der Waals surface area contributed by atoms with Crippen LogP contribution in [0.2, 0.25) is 0 Å². The number of hydrogen-bond donors (Lipinski definition) is 1. The zero-order valence-electron chi connectivity index (χ0n) is 35.9. The first-order valence-electron chi connectivity index (χ1n) is 23.6. The Bertz CT molecular complexity index is 743. The van der Waals surface area contributed by atoms with E-state index in [4.69, 9.17) is 4.74 Å². The third-order valence-corrected chi connectivity index (χ3v) is 11.3. The first kappa shape index (κ1) is 51.1. The van der Waals surface area contributed by atoms with Crippen molar-refractivity contribution < 1.29 is 19.4 Å². The molecule has 0 spiro atoms. The number of aliphatic hydroxyl groups is 1. The van der Waals surface area contributed by atoms with Gasteiger partial charge in [-0.3, -0.25) is 9.59 Å². The fourth-order valence-corrected chi connectivity index (χ4v) is 7.70. The second-order valence-corrected chi connectivity index (χ2v) is 16.3. The Labute approximate surface area is 326 Å². The Kier molecular flexibility index (Phi) is 40.5. The number of carbonyl (C=O) groups excluding carboxylic acids is 2. The molecule has 0 aliphatic carbocycles. The minimum atomic E-state index is 0.0570. The Morgan fingerprint density at radius 1 is 0.442 bits per heavy atom. The van der Waals surface area contributed by atoms with E-state index in [1.165, 1.54) is 148 Å². The molecule has 2 unspecified atom stereocenters. The molecule has 0 aromatic rings. The Morgan fingerprint density at radius 3 is 1.33 bits per heavy atom. The summed E-state index contributed by atoms with van der Waals surface area (Å²) in [5.41, 5.74) is 0. The molecule has 0 aromatic heterocycles. The van der Waals surface area contributed by atoms with Gasteiger partial charge in [0.1, 0.15) is 5.78 Å². The molecule has 0 aromatic carbocycles. The fraction of sp³-hybridized carbons (Fsp3) is 0.957. The maximum Gasteiger partial charge on any atom is 0.308 e. The van der Waals surface area contributed by atoms with Gasteiger partial charge in [-0.05, 0) is 70.9 Å². The molecule has 5 heteroatoms. The van der Waals surface area contributed by atoms with E-state index in [9.17, 15) is 14.7 Å². The highest BCUT2D eigenvalue weighted by Crippen LogP contribution is 2.22. The van der Waals surface area contributed by atoms with Crippen LogP contribution in [0.5, 0.6) is 0 Å². The molecular weight excluding hydrogens is 643 g/mol. The van der Waals surface area contributed by atoms with Gasteiger partial charge in [-0.2, -0.15) is 0 Å². The Morgan fingerprint density at radius 2 is 0.827 bits per heavy atom. The summed E-state index contributed by atoms with van der Waals surface area (Å²) >= 11 is 0. The topological polar surface area (TPSA) is 66.8 Å². The fourth-order valence-electron chi connectivity index (χ4n) is 7.70. The van der Waals surface area contributed by atoms with Crippen molar-refractivity contribution in [2.75, 3.05) is 32.8 Å². The average molecular weight is 736 g/mol. The van der Waals surface area contributed by atoms with Crippen LogP contribution in [0.4, 0.5) is 0 Å². The van der Waals surface area contributed by atoms with Crippen LogP contribution in [0, 0.1) is 11.8 Å². The zero-order valence-corrected chi connectivity index (χ0v) is 35.9. The average Bonchev–Trinajstić information content (AvgIpc) is 3.15. The van der Waals surface area contributed by atoms with Gasteiger partial charge in [-0.25, -0.2) is 0 Å². The molecule has 0 saturated heterocycles. The summed E-state index contributed by atoms with van der Waals surface area (Å²) in [6.45, 7) is 13.2. The maximum absolute atomic E-state index is 12.8. The zero-order chi connectivity index (χ0) is 38.2. The molecule has 0 saturated carbocycles. The molecule has 0 rings (SSSR count). The lowest BCUT2D eigenvalue weighted by atomic mass is 9.89. The van der Waals surface area contributed by atoms with Crippen LogP contribution >= 0.6 is 0 Å². The Balaban J connectivity index is 3.89. The second kappa shape index (κ2) is 41.2. The summed E-state index contributed by atoms with van der Waals surface area (Å²) in [5.74, 6) is 1.06. The molecule has 5 nitrogen and oxygen atoms in total. The quantitative estimate of drug-likeness (QED) is 0.0499. The molecule has 0 aliphatic heterocycles. The molecule has 0 amide bonds. The standard InChI is InChI=1S/C47H93NO4/c1-5-9-13-27-36-44(34-11-7-3)46(50)38-29-23-19-16-15-17-20-24-30-39-48(41-33-42-49)40-31-25-21-18-22-26-32-43-52-47(51)45(35-12-8-4)37-28-14-10-6-2/h44-45,49H,5-43H2,1-4H3. The molecule has 0 fully saturated rings. The predicted octanol–water partition coefficient (Wildman–Crippen LogP) is 14.0. The highest BCUT2D eigenvalue weighted by molar-refractivity contribution is 5.80. The van der Waals surface area contributed by atoms with Gasteiger partial charge in [0.05, 0.1) is 12.5 Å². The van der Waals surface area contributed by atoms with Crippen molar-refractivity contribution in [3.63, 3.8) is 0 Å². The summed E-state index contributed by atoms with van der Waals surface area (Å²) in [6.07, 6.45) is 40.6. The van der Waals surface area contributed by atoms with Crippen molar-refractivity contribution in [1.29, 1.82) is 0 Å². The van der Waals surface area contributed by atoms with E-state index >= 15 is 0 Å². The summed E-state index contributed by atoms with van der Waals surface area (Å²) in [5, 5.41) is 9.39. The van der Waals surface area contributed by atoms with Gasteiger partial charge in [0.15, 0.2) is 0 Å². The van der Waals surface area contributed by atoms with E-state index < -0.39 is 0 Å².